The first-order chi connectivity index (χ1) is 9.19. The third-order valence-corrected chi connectivity index (χ3v) is 3.11. The van der Waals surface area contributed by atoms with E-state index >= 15 is 0 Å². The first-order valence-electron chi connectivity index (χ1n) is 6.40. The van der Waals surface area contributed by atoms with Gasteiger partial charge in [-0.1, -0.05) is 0 Å². The molecular formula is C14H19N5. The standard InChI is InChI=1S/C14H19N5/c1-17(6-4-8-19-7-3-5-16-19)11-13-9-14(10-15)18(2)12-13/h3,5,7,9,12H,4,6,8,11H2,1-2H3. The minimum atomic E-state index is 0.708. The molecule has 0 fully saturated rings. The van der Waals surface area contributed by atoms with E-state index in [9.17, 15) is 0 Å². The maximum absolute atomic E-state index is 8.92. The fraction of sp³-hybridized carbons (Fsp3) is 0.429. The zero-order valence-corrected chi connectivity index (χ0v) is 11.5. The summed E-state index contributed by atoms with van der Waals surface area (Å²) in [5, 5.41) is 13.1. The maximum Gasteiger partial charge on any atom is 0.120 e. The molecule has 0 aliphatic carbocycles. The molecule has 0 unspecified atom stereocenters. The number of nitriles is 1. The first-order valence-corrected chi connectivity index (χ1v) is 6.40. The van der Waals surface area contributed by atoms with Gasteiger partial charge in [-0.2, -0.15) is 10.4 Å². The van der Waals surface area contributed by atoms with Crippen LogP contribution >= 0.6 is 0 Å². The molecular weight excluding hydrogens is 238 g/mol. The Morgan fingerprint density at radius 3 is 2.95 bits per heavy atom. The van der Waals surface area contributed by atoms with Crippen LogP contribution in [0.1, 0.15) is 17.7 Å². The van der Waals surface area contributed by atoms with Gasteiger partial charge in [0.05, 0.1) is 0 Å². The fourth-order valence-electron chi connectivity index (χ4n) is 2.16. The number of rotatable bonds is 6. The van der Waals surface area contributed by atoms with Crippen molar-refractivity contribution in [2.24, 2.45) is 7.05 Å². The van der Waals surface area contributed by atoms with Gasteiger partial charge in [-0.3, -0.25) is 4.68 Å². The summed E-state index contributed by atoms with van der Waals surface area (Å²) in [4.78, 5) is 2.26. The topological polar surface area (TPSA) is 49.8 Å². The van der Waals surface area contributed by atoms with E-state index in [1.807, 2.05) is 40.8 Å². The van der Waals surface area contributed by atoms with Crippen LogP contribution in [0.4, 0.5) is 0 Å². The van der Waals surface area contributed by atoms with Crippen molar-refractivity contribution in [3.8, 4) is 6.07 Å². The quantitative estimate of drug-likeness (QED) is 0.790. The van der Waals surface area contributed by atoms with Gasteiger partial charge in [0.1, 0.15) is 11.8 Å². The maximum atomic E-state index is 8.92. The third kappa shape index (κ3) is 3.70. The third-order valence-electron chi connectivity index (χ3n) is 3.11. The van der Waals surface area contributed by atoms with Crippen LogP contribution in [0.15, 0.2) is 30.7 Å². The van der Waals surface area contributed by atoms with Gasteiger partial charge in [0.2, 0.25) is 0 Å². The molecule has 0 N–H and O–H groups in total. The number of hydrogen-bond acceptors (Lipinski definition) is 3. The van der Waals surface area contributed by atoms with Crippen LogP contribution in [0.25, 0.3) is 0 Å². The zero-order chi connectivity index (χ0) is 13.7. The van der Waals surface area contributed by atoms with E-state index in [-0.39, 0.29) is 0 Å². The normalized spacial score (nSPS) is 10.8. The zero-order valence-electron chi connectivity index (χ0n) is 11.5. The molecule has 0 saturated heterocycles. The largest absolute Gasteiger partial charge is 0.342 e. The molecule has 19 heavy (non-hydrogen) atoms. The molecule has 0 amide bonds. The van der Waals surface area contributed by atoms with E-state index in [2.05, 4.69) is 23.1 Å². The highest BCUT2D eigenvalue weighted by Crippen LogP contribution is 2.08. The highest BCUT2D eigenvalue weighted by atomic mass is 15.3. The number of aryl methyl sites for hydroxylation is 2. The summed E-state index contributed by atoms with van der Waals surface area (Å²) < 4.78 is 3.82. The van der Waals surface area contributed by atoms with E-state index in [1.165, 1.54) is 5.56 Å². The molecule has 2 aromatic heterocycles. The lowest BCUT2D eigenvalue weighted by Gasteiger charge is -2.15. The fourth-order valence-corrected chi connectivity index (χ4v) is 2.16. The summed E-state index contributed by atoms with van der Waals surface area (Å²) in [5.74, 6) is 0. The molecule has 0 aliphatic rings. The molecule has 0 aromatic carbocycles. The van der Waals surface area contributed by atoms with Crippen LogP contribution in [-0.4, -0.2) is 32.8 Å². The number of aromatic nitrogens is 3. The lowest BCUT2D eigenvalue weighted by Crippen LogP contribution is -2.20. The minimum absolute atomic E-state index is 0.708. The Bertz CT molecular complexity index is 547. The van der Waals surface area contributed by atoms with E-state index in [0.29, 0.717) is 5.69 Å². The van der Waals surface area contributed by atoms with Gasteiger partial charge in [-0.05, 0) is 37.7 Å². The monoisotopic (exact) mass is 257 g/mol. The molecule has 5 nitrogen and oxygen atoms in total. The highest BCUT2D eigenvalue weighted by molar-refractivity contribution is 5.28. The summed E-state index contributed by atoms with van der Waals surface area (Å²) >= 11 is 0. The second kappa shape index (κ2) is 6.21. The molecule has 5 heteroatoms. The van der Waals surface area contributed by atoms with Crippen molar-refractivity contribution in [1.82, 2.24) is 19.2 Å². The molecule has 2 heterocycles. The summed E-state index contributed by atoms with van der Waals surface area (Å²) in [6.07, 6.45) is 6.87. The van der Waals surface area contributed by atoms with Crippen LogP contribution in [0.2, 0.25) is 0 Å². The van der Waals surface area contributed by atoms with Crippen LogP contribution < -0.4 is 0 Å². The van der Waals surface area contributed by atoms with Crippen molar-refractivity contribution in [2.75, 3.05) is 13.6 Å². The summed E-state index contributed by atoms with van der Waals surface area (Å²) in [7, 11) is 4.00. The molecule has 0 aliphatic heterocycles. The van der Waals surface area contributed by atoms with Gasteiger partial charge in [0.15, 0.2) is 0 Å². The average molecular weight is 257 g/mol. The van der Waals surface area contributed by atoms with Gasteiger partial charge in [-0.25, -0.2) is 0 Å². The predicted molar refractivity (Wildman–Crippen MR) is 73.3 cm³/mol. The Morgan fingerprint density at radius 2 is 2.32 bits per heavy atom. The SMILES string of the molecule is CN(CCCn1cccn1)Cc1cc(C#N)n(C)c1. The molecule has 0 atom stereocenters. The minimum Gasteiger partial charge on any atom is -0.342 e. The van der Waals surface area contributed by atoms with Crippen LogP contribution in [0.5, 0.6) is 0 Å². The summed E-state index contributed by atoms with van der Waals surface area (Å²) in [6, 6.07) is 6.07. The van der Waals surface area contributed by atoms with Gasteiger partial charge in [0.25, 0.3) is 0 Å². The number of hydrogen-bond donors (Lipinski definition) is 0. The molecule has 2 aromatic rings. The van der Waals surface area contributed by atoms with Gasteiger partial charge < -0.3 is 9.47 Å². The van der Waals surface area contributed by atoms with Gasteiger partial charge in [0, 0.05) is 38.7 Å². The Labute approximate surface area is 113 Å². The van der Waals surface area contributed by atoms with E-state index in [4.69, 9.17) is 5.26 Å². The molecule has 0 radical (unpaired) electrons. The molecule has 100 valence electrons. The molecule has 0 spiro atoms. The van der Waals surface area contributed by atoms with Gasteiger partial charge >= 0.3 is 0 Å². The summed E-state index contributed by atoms with van der Waals surface area (Å²) in [6.45, 7) is 2.82. The Kier molecular flexibility index (Phi) is 4.37. The summed E-state index contributed by atoms with van der Waals surface area (Å²) in [5.41, 5.74) is 1.89. The van der Waals surface area contributed by atoms with Crippen molar-refractivity contribution in [2.45, 2.75) is 19.5 Å². The Balaban J connectivity index is 1.77. The lowest BCUT2D eigenvalue weighted by atomic mass is 10.3. The second-order valence-corrected chi connectivity index (χ2v) is 4.82. The lowest BCUT2D eigenvalue weighted by molar-refractivity contribution is 0.311. The van der Waals surface area contributed by atoms with Crippen molar-refractivity contribution >= 4 is 0 Å². The predicted octanol–water partition coefficient (Wildman–Crippen LogP) is 1.62. The van der Waals surface area contributed by atoms with E-state index < -0.39 is 0 Å². The van der Waals surface area contributed by atoms with Crippen molar-refractivity contribution in [3.05, 3.63) is 42.0 Å². The van der Waals surface area contributed by atoms with E-state index in [0.717, 1.165) is 26.1 Å². The highest BCUT2D eigenvalue weighted by Gasteiger charge is 2.05. The number of nitrogens with zero attached hydrogens (tertiary/aromatic N) is 5. The molecule has 0 saturated carbocycles. The van der Waals surface area contributed by atoms with Crippen molar-refractivity contribution in [1.29, 1.82) is 5.26 Å². The Morgan fingerprint density at radius 1 is 1.47 bits per heavy atom. The van der Waals surface area contributed by atoms with Crippen LogP contribution in [0, 0.1) is 11.3 Å². The van der Waals surface area contributed by atoms with Gasteiger partial charge in [-0.15, -0.1) is 0 Å². The van der Waals surface area contributed by atoms with Crippen LogP contribution in [-0.2, 0) is 20.1 Å². The van der Waals surface area contributed by atoms with Crippen LogP contribution in [0.3, 0.4) is 0 Å². The smallest absolute Gasteiger partial charge is 0.120 e. The molecule has 0 bridgehead atoms. The van der Waals surface area contributed by atoms with E-state index in [1.54, 1.807) is 6.20 Å². The average Bonchev–Trinajstić information content (AvgIpc) is 2.99. The molecule has 2 rings (SSSR count). The first kappa shape index (κ1) is 13.4. The second-order valence-electron chi connectivity index (χ2n) is 4.82. The van der Waals surface area contributed by atoms with Crippen molar-refractivity contribution < 1.29 is 0 Å². The Hall–Kier alpha value is -2.06. The van der Waals surface area contributed by atoms with Crippen molar-refractivity contribution in [3.63, 3.8) is 0 Å².